The molecular formula is C18H17FN3OS+. The maximum absolute atomic E-state index is 13.1. The smallest absolute Gasteiger partial charge is 0.205 e. The molecule has 1 aliphatic heterocycles. The molecule has 122 valence electrons. The lowest BCUT2D eigenvalue weighted by Crippen LogP contribution is -3.08. The summed E-state index contributed by atoms with van der Waals surface area (Å²) in [6.45, 7) is 1.99. The second-order valence-corrected chi connectivity index (χ2v) is 7.26. The number of thiophene rings is 1. The molecule has 4 rings (SSSR count). The van der Waals surface area contributed by atoms with Gasteiger partial charge in [0.25, 0.3) is 0 Å². The van der Waals surface area contributed by atoms with Crippen molar-refractivity contribution < 1.29 is 14.1 Å². The SMILES string of the molecule is C[NH+]1CCc2nc3sc(C(=O)c4ccc(F)cc4)c(N)c3cc2C1. The lowest BCUT2D eigenvalue weighted by atomic mass is 10.0. The number of rotatable bonds is 2. The van der Waals surface area contributed by atoms with E-state index >= 15 is 0 Å². The zero-order valence-electron chi connectivity index (χ0n) is 13.2. The number of benzene rings is 1. The minimum atomic E-state index is -0.364. The van der Waals surface area contributed by atoms with Gasteiger partial charge in [-0.3, -0.25) is 4.79 Å². The summed E-state index contributed by atoms with van der Waals surface area (Å²) in [5, 5.41) is 0.846. The monoisotopic (exact) mass is 342 g/mol. The highest BCUT2D eigenvalue weighted by Crippen LogP contribution is 2.35. The van der Waals surface area contributed by atoms with E-state index in [1.165, 1.54) is 46.1 Å². The average molecular weight is 342 g/mol. The Bertz CT molecular complexity index is 949. The van der Waals surface area contributed by atoms with Gasteiger partial charge in [-0.15, -0.1) is 11.3 Å². The van der Waals surface area contributed by atoms with Crippen molar-refractivity contribution in [1.82, 2.24) is 4.98 Å². The summed E-state index contributed by atoms with van der Waals surface area (Å²) in [4.78, 5) is 20.2. The molecule has 1 atom stereocenters. The molecule has 3 heterocycles. The molecule has 0 saturated carbocycles. The summed E-state index contributed by atoms with van der Waals surface area (Å²) < 4.78 is 13.1. The predicted octanol–water partition coefficient (Wildman–Crippen LogP) is 1.82. The first-order chi connectivity index (χ1) is 11.5. The van der Waals surface area contributed by atoms with Crippen LogP contribution in [0.25, 0.3) is 10.2 Å². The van der Waals surface area contributed by atoms with Crippen LogP contribution in [0.2, 0.25) is 0 Å². The van der Waals surface area contributed by atoms with Gasteiger partial charge in [-0.2, -0.15) is 0 Å². The van der Waals surface area contributed by atoms with Crippen molar-refractivity contribution >= 4 is 33.0 Å². The number of anilines is 1. The van der Waals surface area contributed by atoms with Gasteiger partial charge >= 0.3 is 0 Å². The molecule has 6 heteroatoms. The average Bonchev–Trinajstić information content (AvgIpc) is 2.89. The van der Waals surface area contributed by atoms with Crippen molar-refractivity contribution in [2.75, 3.05) is 19.3 Å². The highest BCUT2D eigenvalue weighted by atomic mass is 32.1. The van der Waals surface area contributed by atoms with Crippen molar-refractivity contribution in [3.63, 3.8) is 0 Å². The Labute approximate surface area is 142 Å². The molecule has 3 aromatic rings. The van der Waals surface area contributed by atoms with Crippen LogP contribution in [0.1, 0.15) is 26.5 Å². The summed E-state index contributed by atoms with van der Waals surface area (Å²) in [6.07, 6.45) is 0.941. The third kappa shape index (κ3) is 2.48. The van der Waals surface area contributed by atoms with E-state index < -0.39 is 0 Å². The Balaban J connectivity index is 1.80. The number of likely N-dealkylation sites (N-methyl/N-ethyl adjacent to an activating group) is 1. The quantitative estimate of drug-likeness (QED) is 0.699. The number of fused-ring (bicyclic) bond motifs is 2. The van der Waals surface area contributed by atoms with Gasteiger partial charge in [0, 0.05) is 22.9 Å². The number of carbonyl (C=O) groups excluding carboxylic acids is 1. The standard InChI is InChI=1S/C18H16FN3OS/c1-22-7-6-14-11(9-22)8-13-15(20)17(24-18(13)21-14)16(23)10-2-4-12(19)5-3-10/h2-5,8H,6-7,9,20H2,1H3/p+1. The van der Waals surface area contributed by atoms with Crippen LogP contribution in [0, 0.1) is 5.82 Å². The van der Waals surface area contributed by atoms with E-state index in [4.69, 9.17) is 10.7 Å². The molecule has 1 aliphatic rings. The molecule has 2 aromatic heterocycles. The van der Waals surface area contributed by atoms with Gasteiger partial charge in [-0.1, -0.05) is 0 Å². The fourth-order valence-electron chi connectivity index (χ4n) is 3.13. The van der Waals surface area contributed by atoms with Crippen molar-refractivity contribution in [3.8, 4) is 0 Å². The maximum atomic E-state index is 13.1. The number of aromatic nitrogens is 1. The summed E-state index contributed by atoms with van der Waals surface area (Å²) in [5.41, 5.74) is 9.46. The number of halogens is 1. The molecule has 0 saturated heterocycles. The molecule has 0 amide bonds. The van der Waals surface area contributed by atoms with E-state index in [1.807, 2.05) is 0 Å². The molecule has 0 bridgehead atoms. The van der Waals surface area contributed by atoms with E-state index in [1.54, 1.807) is 0 Å². The first-order valence-electron chi connectivity index (χ1n) is 7.85. The molecule has 0 spiro atoms. The number of quaternary nitrogens is 1. The Morgan fingerprint density at radius 1 is 1.33 bits per heavy atom. The lowest BCUT2D eigenvalue weighted by Gasteiger charge is -2.21. The third-order valence-electron chi connectivity index (χ3n) is 4.48. The summed E-state index contributed by atoms with van der Waals surface area (Å²) in [5.74, 6) is -0.548. The van der Waals surface area contributed by atoms with E-state index in [0.717, 1.165) is 35.4 Å². The number of nitrogen functional groups attached to an aromatic ring is 1. The molecule has 1 unspecified atom stereocenters. The van der Waals surface area contributed by atoms with Crippen LogP contribution in [0.15, 0.2) is 30.3 Å². The molecule has 0 fully saturated rings. The van der Waals surface area contributed by atoms with Crippen LogP contribution in [-0.4, -0.2) is 24.4 Å². The third-order valence-corrected chi connectivity index (χ3v) is 5.60. The molecular weight excluding hydrogens is 325 g/mol. The van der Waals surface area contributed by atoms with Crippen LogP contribution in [0.3, 0.4) is 0 Å². The van der Waals surface area contributed by atoms with E-state index in [0.29, 0.717) is 16.1 Å². The first-order valence-corrected chi connectivity index (χ1v) is 8.67. The Hall–Kier alpha value is -2.31. The molecule has 0 radical (unpaired) electrons. The number of nitrogens with one attached hydrogen (secondary N) is 1. The van der Waals surface area contributed by atoms with Gasteiger partial charge in [-0.25, -0.2) is 9.37 Å². The predicted molar refractivity (Wildman–Crippen MR) is 93.0 cm³/mol. The van der Waals surface area contributed by atoms with Gasteiger partial charge in [-0.05, 0) is 30.3 Å². The van der Waals surface area contributed by atoms with Gasteiger partial charge in [0.1, 0.15) is 22.1 Å². The number of carbonyl (C=O) groups is 1. The normalized spacial score (nSPS) is 17.0. The number of hydrogen-bond acceptors (Lipinski definition) is 4. The second kappa shape index (κ2) is 5.65. The lowest BCUT2D eigenvalue weighted by molar-refractivity contribution is -0.895. The minimum Gasteiger partial charge on any atom is -0.397 e. The van der Waals surface area contributed by atoms with E-state index in [-0.39, 0.29) is 11.6 Å². The molecule has 4 nitrogen and oxygen atoms in total. The number of nitrogens with zero attached hydrogens (tertiary/aromatic N) is 1. The van der Waals surface area contributed by atoms with Crippen molar-refractivity contribution in [3.05, 3.63) is 57.8 Å². The van der Waals surface area contributed by atoms with Crippen LogP contribution >= 0.6 is 11.3 Å². The number of ketones is 1. The van der Waals surface area contributed by atoms with Gasteiger partial charge in [0.15, 0.2) is 0 Å². The fraction of sp³-hybridized carbons (Fsp3) is 0.222. The largest absolute Gasteiger partial charge is 0.397 e. The highest BCUT2D eigenvalue weighted by molar-refractivity contribution is 7.21. The van der Waals surface area contributed by atoms with Crippen LogP contribution in [0.5, 0.6) is 0 Å². The van der Waals surface area contributed by atoms with Gasteiger partial charge in [0.05, 0.1) is 25.0 Å². The van der Waals surface area contributed by atoms with Crippen molar-refractivity contribution in [2.45, 2.75) is 13.0 Å². The number of nitrogens with two attached hydrogens (primary N) is 1. The Morgan fingerprint density at radius 2 is 2.08 bits per heavy atom. The molecule has 3 N–H and O–H groups in total. The minimum absolute atomic E-state index is 0.184. The Morgan fingerprint density at radius 3 is 2.83 bits per heavy atom. The zero-order valence-corrected chi connectivity index (χ0v) is 14.0. The Kier molecular flexibility index (Phi) is 3.58. The van der Waals surface area contributed by atoms with Crippen LogP contribution in [-0.2, 0) is 13.0 Å². The summed E-state index contributed by atoms with van der Waals surface area (Å²) >= 11 is 1.32. The van der Waals surface area contributed by atoms with Gasteiger partial charge < -0.3 is 10.6 Å². The summed E-state index contributed by atoms with van der Waals surface area (Å²) in [6, 6.07) is 7.61. The second-order valence-electron chi connectivity index (χ2n) is 6.26. The van der Waals surface area contributed by atoms with Crippen LogP contribution in [0.4, 0.5) is 10.1 Å². The number of hydrogen-bond donors (Lipinski definition) is 2. The maximum Gasteiger partial charge on any atom is 0.205 e. The summed E-state index contributed by atoms with van der Waals surface area (Å²) in [7, 11) is 2.16. The van der Waals surface area contributed by atoms with E-state index in [2.05, 4.69) is 13.1 Å². The van der Waals surface area contributed by atoms with Crippen LogP contribution < -0.4 is 10.6 Å². The van der Waals surface area contributed by atoms with Gasteiger partial charge in [0.2, 0.25) is 5.78 Å². The number of pyridine rings is 1. The topological polar surface area (TPSA) is 60.4 Å². The van der Waals surface area contributed by atoms with Crippen molar-refractivity contribution in [1.29, 1.82) is 0 Å². The first kappa shape index (κ1) is 15.2. The van der Waals surface area contributed by atoms with Crippen molar-refractivity contribution in [2.24, 2.45) is 0 Å². The molecule has 1 aromatic carbocycles. The molecule has 24 heavy (non-hydrogen) atoms. The fourth-order valence-corrected chi connectivity index (χ4v) is 4.19. The highest BCUT2D eigenvalue weighted by Gasteiger charge is 2.23. The zero-order chi connectivity index (χ0) is 16.8. The van der Waals surface area contributed by atoms with E-state index in [9.17, 15) is 9.18 Å². The molecule has 0 aliphatic carbocycles.